The molecule has 0 saturated heterocycles. The van der Waals surface area contributed by atoms with Gasteiger partial charge in [0.05, 0.1) is 12.6 Å². The van der Waals surface area contributed by atoms with Crippen LogP contribution in [-0.2, 0) is 0 Å². The fourth-order valence-electron chi connectivity index (χ4n) is 2.79. The van der Waals surface area contributed by atoms with Gasteiger partial charge in [0, 0.05) is 34.8 Å². The number of anilines is 1. The second-order valence-corrected chi connectivity index (χ2v) is 6.21. The molecular weight excluding hydrogens is 314 g/mol. The van der Waals surface area contributed by atoms with E-state index >= 15 is 0 Å². The molecule has 2 aromatic carbocycles. The van der Waals surface area contributed by atoms with Crippen LogP contribution < -0.4 is 10.1 Å². The highest BCUT2D eigenvalue weighted by molar-refractivity contribution is 6.02. The lowest BCUT2D eigenvalue weighted by Crippen LogP contribution is -2.12. The molecule has 0 atom stereocenters. The molecule has 128 valence electrons. The first-order valence-corrected chi connectivity index (χ1v) is 8.21. The number of methoxy groups -OCH3 is 1. The molecule has 1 heterocycles. The van der Waals surface area contributed by atoms with Crippen LogP contribution in [0, 0.1) is 0 Å². The molecular formula is C20H21N3O2. The van der Waals surface area contributed by atoms with Gasteiger partial charge in [0.2, 0.25) is 5.95 Å². The molecule has 1 N–H and O–H groups in total. The monoisotopic (exact) mass is 335 g/mol. The first-order chi connectivity index (χ1) is 12.0. The molecule has 0 aliphatic carbocycles. The lowest BCUT2D eigenvalue weighted by atomic mass is 9.96. The van der Waals surface area contributed by atoms with Crippen LogP contribution in [0.5, 0.6) is 5.75 Å². The molecule has 0 aliphatic heterocycles. The third-order valence-corrected chi connectivity index (χ3v) is 3.92. The Labute approximate surface area is 147 Å². The van der Waals surface area contributed by atoms with E-state index in [1.165, 1.54) is 0 Å². The quantitative estimate of drug-likeness (QED) is 0.703. The van der Waals surface area contributed by atoms with E-state index in [-0.39, 0.29) is 11.8 Å². The van der Waals surface area contributed by atoms with Gasteiger partial charge in [-0.25, -0.2) is 9.97 Å². The summed E-state index contributed by atoms with van der Waals surface area (Å²) in [4.78, 5) is 20.9. The molecule has 3 rings (SSSR count). The highest BCUT2D eigenvalue weighted by Gasteiger charge is 2.15. The number of hydrogen-bond acceptors (Lipinski definition) is 5. The maximum Gasteiger partial charge on any atom is 0.223 e. The van der Waals surface area contributed by atoms with E-state index in [4.69, 9.17) is 4.74 Å². The number of fused-ring (bicyclic) bond motifs is 1. The third kappa shape index (κ3) is 3.45. The average molecular weight is 335 g/mol. The largest absolute Gasteiger partial charge is 0.496 e. The highest BCUT2D eigenvalue weighted by Crippen LogP contribution is 2.35. The Hall–Kier alpha value is -2.95. The summed E-state index contributed by atoms with van der Waals surface area (Å²) >= 11 is 0. The SMILES string of the molecule is COc1cc2nc(NC(C)C)ncc2cc1-c1ccccc1C(C)=O. The maximum absolute atomic E-state index is 12.0. The normalized spacial score (nSPS) is 10.9. The van der Waals surface area contributed by atoms with Crippen LogP contribution in [0.25, 0.3) is 22.0 Å². The number of carbonyl (C=O) groups excluding carboxylic acids is 1. The molecule has 25 heavy (non-hydrogen) atoms. The van der Waals surface area contributed by atoms with E-state index in [0.717, 1.165) is 22.0 Å². The van der Waals surface area contributed by atoms with Gasteiger partial charge in [-0.05, 0) is 32.4 Å². The number of Topliss-reactive ketones (excluding diaryl/α,β-unsaturated/α-hetero) is 1. The molecule has 3 aromatic rings. The van der Waals surface area contributed by atoms with Crippen molar-refractivity contribution in [2.24, 2.45) is 0 Å². The Bertz CT molecular complexity index is 935. The van der Waals surface area contributed by atoms with Crippen molar-refractivity contribution in [3.8, 4) is 16.9 Å². The van der Waals surface area contributed by atoms with Crippen molar-refractivity contribution in [1.29, 1.82) is 0 Å². The number of benzene rings is 2. The predicted molar refractivity (Wildman–Crippen MR) is 100 cm³/mol. The van der Waals surface area contributed by atoms with Crippen LogP contribution in [0.2, 0.25) is 0 Å². The van der Waals surface area contributed by atoms with E-state index in [1.807, 2.05) is 50.2 Å². The van der Waals surface area contributed by atoms with Gasteiger partial charge in [-0.1, -0.05) is 24.3 Å². The van der Waals surface area contributed by atoms with Gasteiger partial charge in [0.15, 0.2) is 5.78 Å². The predicted octanol–water partition coefficient (Wildman–Crippen LogP) is 4.33. The Morgan fingerprint density at radius 2 is 1.92 bits per heavy atom. The first-order valence-electron chi connectivity index (χ1n) is 8.21. The summed E-state index contributed by atoms with van der Waals surface area (Å²) < 4.78 is 5.57. The Morgan fingerprint density at radius 1 is 1.16 bits per heavy atom. The summed E-state index contributed by atoms with van der Waals surface area (Å²) in [5, 5.41) is 4.09. The van der Waals surface area contributed by atoms with E-state index in [0.29, 0.717) is 17.3 Å². The molecule has 0 radical (unpaired) electrons. The van der Waals surface area contributed by atoms with Gasteiger partial charge < -0.3 is 10.1 Å². The van der Waals surface area contributed by atoms with Crippen molar-refractivity contribution in [3.63, 3.8) is 0 Å². The summed E-state index contributed by atoms with van der Waals surface area (Å²) in [5.74, 6) is 1.28. The van der Waals surface area contributed by atoms with Crippen LogP contribution in [0.4, 0.5) is 5.95 Å². The number of aromatic nitrogens is 2. The van der Waals surface area contributed by atoms with Crippen LogP contribution in [0.15, 0.2) is 42.6 Å². The van der Waals surface area contributed by atoms with Gasteiger partial charge in [-0.15, -0.1) is 0 Å². The Morgan fingerprint density at radius 3 is 2.60 bits per heavy atom. The number of carbonyl (C=O) groups is 1. The van der Waals surface area contributed by atoms with Gasteiger partial charge in [-0.3, -0.25) is 4.79 Å². The number of ether oxygens (including phenoxy) is 1. The van der Waals surface area contributed by atoms with E-state index in [1.54, 1.807) is 20.2 Å². The minimum absolute atomic E-state index is 0.0190. The maximum atomic E-state index is 12.0. The number of nitrogens with one attached hydrogen (secondary N) is 1. The zero-order chi connectivity index (χ0) is 18.0. The average Bonchev–Trinajstić information content (AvgIpc) is 2.60. The standard InChI is InChI=1S/C20H21N3O2/c1-12(2)22-20-21-11-14-9-17(19(25-4)10-18(14)23-20)16-8-6-5-7-15(16)13(3)24/h5-12H,1-4H3,(H,21,22,23). The first kappa shape index (κ1) is 16.9. The van der Waals surface area contributed by atoms with Crippen LogP contribution in [0.3, 0.4) is 0 Å². The van der Waals surface area contributed by atoms with Crippen molar-refractivity contribution in [2.45, 2.75) is 26.8 Å². The summed E-state index contributed by atoms with van der Waals surface area (Å²) in [5.41, 5.74) is 3.16. The van der Waals surface area contributed by atoms with Crippen molar-refractivity contribution in [3.05, 3.63) is 48.2 Å². The van der Waals surface area contributed by atoms with E-state index in [2.05, 4.69) is 15.3 Å². The molecule has 0 aliphatic rings. The Kier molecular flexibility index (Phi) is 4.65. The van der Waals surface area contributed by atoms with Crippen LogP contribution in [-0.4, -0.2) is 28.9 Å². The molecule has 0 spiro atoms. The summed E-state index contributed by atoms with van der Waals surface area (Å²) in [7, 11) is 1.62. The number of hydrogen-bond donors (Lipinski definition) is 1. The molecule has 0 saturated carbocycles. The number of nitrogens with zero attached hydrogens (tertiary/aromatic N) is 2. The fourth-order valence-corrected chi connectivity index (χ4v) is 2.79. The summed E-state index contributed by atoms with van der Waals surface area (Å²) in [6.07, 6.45) is 1.78. The zero-order valence-corrected chi connectivity index (χ0v) is 14.8. The van der Waals surface area contributed by atoms with Crippen LogP contribution in [0.1, 0.15) is 31.1 Å². The molecule has 1 aromatic heterocycles. The Balaban J connectivity index is 2.18. The van der Waals surface area contributed by atoms with E-state index in [9.17, 15) is 4.79 Å². The molecule has 0 fully saturated rings. The lowest BCUT2D eigenvalue weighted by Gasteiger charge is -2.14. The lowest BCUT2D eigenvalue weighted by molar-refractivity contribution is 0.101. The van der Waals surface area contributed by atoms with Gasteiger partial charge in [-0.2, -0.15) is 0 Å². The molecule has 5 heteroatoms. The minimum atomic E-state index is 0.0190. The smallest absolute Gasteiger partial charge is 0.223 e. The summed E-state index contributed by atoms with van der Waals surface area (Å²) in [6, 6.07) is 11.6. The van der Waals surface area contributed by atoms with Gasteiger partial charge in [0.25, 0.3) is 0 Å². The van der Waals surface area contributed by atoms with E-state index < -0.39 is 0 Å². The molecule has 5 nitrogen and oxygen atoms in total. The van der Waals surface area contributed by atoms with Crippen molar-refractivity contribution >= 4 is 22.6 Å². The zero-order valence-electron chi connectivity index (χ0n) is 14.8. The van der Waals surface area contributed by atoms with Crippen molar-refractivity contribution in [2.75, 3.05) is 12.4 Å². The van der Waals surface area contributed by atoms with Crippen LogP contribution >= 0.6 is 0 Å². The fraction of sp³-hybridized carbons (Fsp3) is 0.250. The molecule has 0 amide bonds. The van der Waals surface area contributed by atoms with Crippen molar-refractivity contribution in [1.82, 2.24) is 9.97 Å². The topological polar surface area (TPSA) is 64.1 Å². The molecule has 0 unspecified atom stereocenters. The molecule has 0 bridgehead atoms. The van der Waals surface area contributed by atoms with Gasteiger partial charge in [0.1, 0.15) is 5.75 Å². The number of ketones is 1. The second kappa shape index (κ2) is 6.89. The second-order valence-electron chi connectivity index (χ2n) is 6.21. The number of rotatable bonds is 5. The minimum Gasteiger partial charge on any atom is -0.496 e. The third-order valence-electron chi connectivity index (χ3n) is 3.92. The summed E-state index contributed by atoms with van der Waals surface area (Å²) in [6.45, 7) is 5.64. The van der Waals surface area contributed by atoms with Gasteiger partial charge >= 0.3 is 0 Å². The highest BCUT2D eigenvalue weighted by atomic mass is 16.5. The van der Waals surface area contributed by atoms with Crippen molar-refractivity contribution < 1.29 is 9.53 Å².